The number of sulfone groups is 1. The lowest BCUT2D eigenvalue weighted by atomic mass is 10.4. The molecular weight excluding hydrogens is 312 g/mol. The molecular formula is C10H15ClN2O4S2. The molecule has 0 spiro atoms. The summed E-state index contributed by atoms with van der Waals surface area (Å²) >= 11 is 5.81. The van der Waals surface area contributed by atoms with Crippen LogP contribution in [0.4, 0.5) is 0 Å². The second kappa shape index (κ2) is 5.76. The summed E-state index contributed by atoms with van der Waals surface area (Å²) < 4.78 is 49.3. The van der Waals surface area contributed by atoms with Crippen molar-refractivity contribution in [1.29, 1.82) is 0 Å². The molecule has 1 aromatic rings. The Morgan fingerprint density at radius 3 is 2.37 bits per heavy atom. The number of nitrogens with two attached hydrogens (primary N) is 1. The van der Waals surface area contributed by atoms with E-state index in [1.165, 1.54) is 12.1 Å². The van der Waals surface area contributed by atoms with Gasteiger partial charge in [0.2, 0.25) is 10.0 Å². The van der Waals surface area contributed by atoms with E-state index in [4.69, 9.17) is 17.3 Å². The summed E-state index contributed by atoms with van der Waals surface area (Å²) in [5, 5.41) is -0.0517. The molecule has 0 unspecified atom stereocenters. The van der Waals surface area contributed by atoms with E-state index >= 15 is 0 Å². The molecule has 6 nitrogen and oxygen atoms in total. The van der Waals surface area contributed by atoms with Crippen LogP contribution in [0.1, 0.15) is 6.92 Å². The summed E-state index contributed by atoms with van der Waals surface area (Å²) in [5.41, 5.74) is 5.34. The van der Waals surface area contributed by atoms with Gasteiger partial charge in [0.15, 0.2) is 9.84 Å². The maximum absolute atomic E-state index is 12.1. The van der Waals surface area contributed by atoms with Crippen molar-refractivity contribution < 1.29 is 16.8 Å². The third-order valence-corrected chi connectivity index (χ3v) is 5.51. The van der Waals surface area contributed by atoms with E-state index in [2.05, 4.69) is 4.72 Å². The Labute approximate surface area is 117 Å². The molecule has 0 aliphatic carbocycles. The van der Waals surface area contributed by atoms with Crippen LogP contribution >= 0.6 is 11.6 Å². The number of hydrogen-bond donors (Lipinski definition) is 2. The number of sulfonamides is 1. The molecule has 0 fully saturated rings. The Balaban J connectivity index is 3.34. The number of halogens is 1. The number of rotatable bonds is 5. The Bertz CT molecular complexity index is 671. The largest absolute Gasteiger partial charge is 0.329 e. The van der Waals surface area contributed by atoms with Crippen molar-refractivity contribution in [3.8, 4) is 0 Å². The Morgan fingerprint density at radius 1 is 1.32 bits per heavy atom. The Hall–Kier alpha value is -0.670. The molecule has 0 amide bonds. The lowest BCUT2D eigenvalue weighted by Gasteiger charge is -2.13. The Morgan fingerprint density at radius 2 is 1.89 bits per heavy atom. The third kappa shape index (κ3) is 4.15. The van der Waals surface area contributed by atoms with Crippen LogP contribution in [-0.4, -0.2) is 35.7 Å². The topological polar surface area (TPSA) is 106 Å². The van der Waals surface area contributed by atoms with Crippen LogP contribution in [0.15, 0.2) is 28.0 Å². The van der Waals surface area contributed by atoms with Crippen molar-refractivity contribution in [3.05, 3.63) is 23.2 Å². The zero-order valence-electron chi connectivity index (χ0n) is 10.4. The van der Waals surface area contributed by atoms with Crippen molar-refractivity contribution in [1.82, 2.24) is 4.72 Å². The van der Waals surface area contributed by atoms with E-state index in [9.17, 15) is 16.8 Å². The summed E-state index contributed by atoms with van der Waals surface area (Å²) in [6, 6.07) is 3.04. The molecule has 9 heteroatoms. The minimum atomic E-state index is -3.91. The number of nitrogens with one attached hydrogen (secondary N) is 1. The highest BCUT2D eigenvalue weighted by molar-refractivity contribution is 7.91. The normalized spacial score (nSPS) is 14.3. The summed E-state index contributed by atoms with van der Waals surface area (Å²) in [5.74, 6) is 0. The summed E-state index contributed by atoms with van der Waals surface area (Å²) in [7, 11) is -7.42. The van der Waals surface area contributed by atoms with Crippen molar-refractivity contribution in [2.24, 2.45) is 5.73 Å². The first kappa shape index (κ1) is 16.4. The lowest BCUT2D eigenvalue weighted by Crippen LogP contribution is -2.37. The van der Waals surface area contributed by atoms with Gasteiger partial charge >= 0.3 is 0 Å². The molecule has 1 atom stereocenters. The zero-order valence-corrected chi connectivity index (χ0v) is 12.8. The second-order valence-corrected chi connectivity index (χ2v) is 8.23. The van der Waals surface area contributed by atoms with Crippen LogP contribution in [-0.2, 0) is 19.9 Å². The molecule has 0 aliphatic rings. The fourth-order valence-electron chi connectivity index (χ4n) is 1.30. The standard InChI is InChI=1S/C10H15ClN2O4S2/c1-7(6-12)13-19(16,17)10-5-8(18(2,14)15)3-4-9(10)11/h3-5,7,13H,6,12H2,1-2H3/t7-/m1/s1. The SMILES string of the molecule is C[C@H](CN)NS(=O)(=O)c1cc(S(C)(=O)=O)ccc1Cl. The minimum Gasteiger partial charge on any atom is -0.329 e. The highest BCUT2D eigenvalue weighted by atomic mass is 35.5. The molecule has 0 aliphatic heterocycles. The highest BCUT2D eigenvalue weighted by Gasteiger charge is 2.22. The fraction of sp³-hybridized carbons (Fsp3) is 0.400. The first-order valence-corrected chi connectivity index (χ1v) is 9.05. The predicted octanol–water partition coefficient (Wildman–Crippen LogP) is 0.369. The van der Waals surface area contributed by atoms with Gasteiger partial charge in [0, 0.05) is 18.8 Å². The van der Waals surface area contributed by atoms with Gasteiger partial charge in [-0.1, -0.05) is 11.6 Å². The summed E-state index contributed by atoms with van der Waals surface area (Å²) in [6.45, 7) is 1.70. The summed E-state index contributed by atoms with van der Waals surface area (Å²) in [4.78, 5) is -0.393. The van der Waals surface area contributed by atoms with E-state index in [1.807, 2.05) is 0 Å². The van der Waals surface area contributed by atoms with Crippen molar-refractivity contribution >= 4 is 31.5 Å². The molecule has 0 heterocycles. The molecule has 1 aromatic carbocycles. The molecule has 108 valence electrons. The van der Waals surface area contributed by atoms with Gasteiger partial charge < -0.3 is 5.73 Å². The molecule has 0 saturated heterocycles. The molecule has 0 radical (unpaired) electrons. The Kier molecular flexibility index (Phi) is 4.97. The predicted molar refractivity (Wildman–Crippen MR) is 73.4 cm³/mol. The minimum absolute atomic E-state index is 0.0517. The van der Waals surface area contributed by atoms with Gasteiger partial charge in [-0.05, 0) is 25.1 Å². The monoisotopic (exact) mass is 326 g/mol. The number of hydrogen-bond acceptors (Lipinski definition) is 5. The molecule has 1 rings (SSSR count). The average molecular weight is 327 g/mol. The third-order valence-electron chi connectivity index (χ3n) is 2.33. The molecule has 19 heavy (non-hydrogen) atoms. The molecule has 0 saturated carbocycles. The van der Waals surface area contributed by atoms with Crippen LogP contribution in [0.3, 0.4) is 0 Å². The quantitative estimate of drug-likeness (QED) is 0.813. The van der Waals surface area contributed by atoms with E-state index in [0.717, 1.165) is 12.3 Å². The van der Waals surface area contributed by atoms with Crippen molar-refractivity contribution in [2.45, 2.75) is 22.8 Å². The molecule has 3 N–H and O–H groups in total. The van der Waals surface area contributed by atoms with Crippen molar-refractivity contribution in [3.63, 3.8) is 0 Å². The lowest BCUT2D eigenvalue weighted by molar-refractivity contribution is 0.562. The van der Waals surface area contributed by atoms with Gasteiger partial charge in [-0.25, -0.2) is 21.6 Å². The smallest absolute Gasteiger partial charge is 0.242 e. The average Bonchev–Trinajstić information content (AvgIpc) is 2.26. The van der Waals surface area contributed by atoms with E-state index in [1.54, 1.807) is 6.92 Å². The molecule has 0 bridgehead atoms. The maximum atomic E-state index is 12.1. The fourth-order valence-corrected chi connectivity index (χ4v) is 3.80. The van der Waals surface area contributed by atoms with E-state index in [-0.39, 0.29) is 21.4 Å². The van der Waals surface area contributed by atoms with Gasteiger partial charge in [0.25, 0.3) is 0 Å². The van der Waals surface area contributed by atoms with Gasteiger partial charge in [-0.15, -0.1) is 0 Å². The van der Waals surface area contributed by atoms with Crippen LogP contribution in [0, 0.1) is 0 Å². The van der Waals surface area contributed by atoms with Gasteiger partial charge in [-0.3, -0.25) is 0 Å². The second-order valence-electron chi connectivity index (χ2n) is 4.12. The highest BCUT2D eigenvalue weighted by Crippen LogP contribution is 2.24. The van der Waals surface area contributed by atoms with Crippen molar-refractivity contribution in [2.75, 3.05) is 12.8 Å². The van der Waals surface area contributed by atoms with Crippen LogP contribution < -0.4 is 10.5 Å². The van der Waals surface area contributed by atoms with Gasteiger partial charge in [-0.2, -0.15) is 0 Å². The first-order valence-electron chi connectivity index (χ1n) is 5.30. The van der Waals surface area contributed by atoms with E-state index in [0.29, 0.717) is 0 Å². The van der Waals surface area contributed by atoms with Crippen LogP contribution in [0.5, 0.6) is 0 Å². The van der Waals surface area contributed by atoms with E-state index < -0.39 is 25.9 Å². The molecule has 0 aromatic heterocycles. The zero-order chi connectivity index (χ0) is 14.8. The number of benzene rings is 1. The summed E-state index contributed by atoms with van der Waals surface area (Å²) in [6.07, 6.45) is 0.989. The first-order chi connectivity index (χ1) is 8.58. The van der Waals surface area contributed by atoms with Gasteiger partial charge in [0.1, 0.15) is 4.90 Å². The van der Waals surface area contributed by atoms with Crippen LogP contribution in [0.2, 0.25) is 5.02 Å². The maximum Gasteiger partial charge on any atom is 0.242 e. The van der Waals surface area contributed by atoms with Gasteiger partial charge in [0.05, 0.1) is 9.92 Å². The van der Waals surface area contributed by atoms with Crippen LogP contribution in [0.25, 0.3) is 0 Å².